The van der Waals surface area contributed by atoms with Crippen molar-refractivity contribution in [1.29, 1.82) is 0 Å². The molecular formula is C10H18. The molecule has 0 nitrogen and oxygen atoms in total. The van der Waals surface area contributed by atoms with Gasteiger partial charge in [0, 0.05) is 0 Å². The molecule has 0 amide bonds. The van der Waals surface area contributed by atoms with E-state index in [4.69, 9.17) is 0 Å². The predicted molar refractivity (Wildman–Crippen MR) is 43.8 cm³/mol. The fourth-order valence-electron chi connectivity index (χ4n) is 3.18. The van der Waals surface area contributed by atoms with Crippen molar-refractivity contribution in [2.24, 2.45) is 23.7 Å². The third-order valence-electron chi connectivity index (χ3n) is 3.92. The lowest BCUT2D eigenvalue weighted by atomic mass is 9.91. The summed E-state index contributed by atoms with van der Waals surface area (Å²) in [6.07, 6.45) is 6.10. The van der Waals surface area contributed by atoms with E-state index in [1.807, 2.05) is 0 Å². The van der Waals surface area contributed by atoms with Crippen molar-refractivity contribution >= 4 is 0 Å². The summed E-state index contributed by atoms with van der Waals surface area (Å²) in [5, 5.41) is 0. The van der Waals surface area contributed by atoms with E-state index >= 15 is 0 Å². The molecule has 0 saturated heterocycles. The van der Waals surface area contributed by atoms with Crippen LogP contribution in [0.15, 0.2) is 0 Å². The van der Waals surface area contributed by atoms with E-state index in [1.165, 1.54) is 25.7 Å². The molecule has 10 heavy (non-hydrogen) atoms. The number of hydrogen-bond donors (Lipinski definition) is 0. The number of fused-ring (bicyclic) bond motifs is 1. The molecule has 0 N–H and O–H groups in total. The van der Waals surface area contributed by atoms with Gasteiger partial charge in [-0.15, -0.1) is 0 Å². The second-order valence-electron chi connectivity index (χ2n) is 4.44. The molecule has 2 aliphatic rings. The van der Waals surface area contributed by atoms with Crippen LogP contribution in [0.5, 0.6) is 0 Å². The van der Waals surface area contributed by atoms with Gasteiger partial charge in [-0.3, -0.25) is 0 Å². The molecule has 0 aromatic carbocycles. The Hall–Kier alpha value is 0. The first kappa shape index (κ1) is 6.69. The van der Waals surface area contributed by atoms with Crippen molar-refractivity contribution in [2.45, 2.75) is 39.5 Å². The van der Waals surface area contributed by atoms with E-state index in [1.54, 1.807) is 0 Å². The maximum Gasteiger partial charge on any atom is -0.0357 e. The lowest BCUT2D eigenvalue weighted by Crippen LogP contribution is -2.08. The minimum absolute atomic E-state index is 1.05. The van der Waals surface area contributed by atoms with Crippen LogP contribution >= 0.6 is 0 Å². The SMILES string of the molecule is CC1CCC2C(C)CCC12. The van der Waals surface area contributed by atoms with Gasteiger partial charge in [-0.1, -0.05) is 26.7 Å². The Morgan fingerprint density at radius 1 is 0.700 bits per heavy atom. The average molecular weight is 138 g/mol. The Labute approximate surface area is 64.0 Å². The van der Waals surface area contributed by atoms with Crippen LogP contribution < -0.4 is 0 Å². The van der Waals surface area contributed by atoms with Gasteiger partial charge in [0.2, 0.25) is 0 Å². The van der Waals surface area contributed by atoms with E-state index in [9.17, 15) is 0 Å². The van der Waals surface area contributed by atoms with Gasteiger partial charge < -0.3 is 0 Å². The first-order chi connectivity index (χ1) is 4.79. The van der Waals surface area contributed by atoms with Gasteiger partial charge in [-0.25, -0.2) is 0 Å². The molecule has 4 unspecified atom stereocenters. The lowest BCUT2D eigenvalue weighted by molar-refractivity contribution is 0.339. The van der Waals surface area contributed by atoms with Crippen LogP contribution in [-0.2, 0) is 0 Å². The first-order valence-electron chi connectivity index (χ1n) is 4.79. The molecule has 0 bridgehead atoms. The van der Waals surface area contributed by atoms with Crippen molar-refractivity contribution in [2.75, 3.05) is 0 Å². The molecular weight excluding hydrogens is 120 g/mol. The van der Waals surface area contributed by atoms with E-state index in [-0.39, 0.29) is 0 Å². The van der Waals surface area contributed by atoms with Gasteiger partial charge in [-0.05, 0) is 36.5 Å². The van der Waals surface area contributed by atoms with E-state index in [2.05, 4.69) is 13.8 Å². The Kier molecular flexibility index (Phi) is 1.51. The van der Waals surface area contributed by atoms with Crippen molar-refractivity contribution in [3.8, 4) is 0 Å². The summed E-state index contributed by atoms with van der Waals surface area (Å²) in [6, 6.07) is 0. The minimum atomic E-state index is 1.05. The standard InChI is InChI=1S/C10H18/c1-7-3-5-10-8(2)4-6-9(7)10/h7-10H,3-6H2,1-2H3. The number of rotatable bonds is 0. The Balaban J connectivity index is 2.09. The molecule has 4 atom stereocenters. The van der Waals surface area contributed by atoms with Crippen LogP contribution in [0, 0.1) is 23.7 Å². The highest BCUT2D eigenvalue weighted by Gasteiger charge is 2.40. The smallest absolute Gasteiger partial charge is 0.0357 e. The highest BCUT2D eigenvalue weighted by molar-refractivity contribution is 4.90. The summed E-state index contributed by atoms with van der Waals surface area (Å²) < 4.78 is 0. The van der Waals surface area contributed by atoms with Gasteiger partial charge in [0.25, 0.3) is 0 Å². The molecule has 2 aliphatic carbocycles. The molecule has 2 saturated carbocycles. The lowest BCUT2D eigenvalue weighted by Gasteiger charge is -2.15. The third-order valence-corrected chi connectivity index (χ3v) is 3.92. The summed E-state index contributed by atoms with van der Waals surface area (Å²) in [4.78, 5) is 0. The van der Waals surface area contributed by atoms with E-state index in [0.717, 1.165) is 23.7 Å². The summed E-state index contributed by atoms with van der Waals surface area (Å²) in [7, 11) is 0. The molecule has 0 spiro atoms. The molecule has 0 heterocycles. The zero-order valence-electron chi connectivity index (χ0n) is 7.14. The van der Waals surface area contributed by atoms with Crippen LogP contribution in [0.4, 0.5) is 0 Å². The van der Waals surface area contributed by atoms with Gasteiger partial charge in [0.15, 0.2) is 0 Å². The molecule has 0 radical (unpaired) electrons. The Morgan fingerprint density at radius 3 is 1.50 bits per heavy atom. The average Bonchev–Trinajstić information content (AvgIpc) is 2.41. The van der Waals surface area contributed by atoms with Crippen LogP contribution in [0.1, 0.15) is 39.5 Å². The van der Waals surface area contributed by atoms with Crippen molar-refractivity contribution in [1.82, 2.24) is 0 Å². The predicted octanol–water partition coefficient (Wildman–Crippen LogP) is 3.08. The fourth-order valence-corrected chi connectivity index (χ4v) is 3.18. The third kappa shape index (κ3) is 0.810. The van der Waals surface area contributed by atoms with Gasteiger partial charge in [0.05, 0.1) is 0 Å². The molecule has 58 valence electrons. The minimum Gasteiger partial charge on any atom is -0.0622 e. The highest BCUT2D eigenvalue weighted by atomic mass is 14.5. The van der Waals surface area contributed by atoms with E-state index < -0.39 is 0 Å². The Bertz CT molecular complexity index is 112. The molecule has 2 rings (SSSR count). The van der Waals surface area contributed by atoms with Gasteiger partial charge in [-0.2, -0.15) is 0 Å². The monoisotopic (exact) mass is 138 g/mol. The Morgan fingerprint density at radius 2 is 1.10 bits per heavy atom. The van der Waals surface area contributed by atoms with Crippen molar-refractivity contribution in [3.05, 3.63) is 0 Å². The summed E-state index contributed by atoms with van der Waals surface area (Å²) >= 11 is 0. The molecule has 0 heteroatoms. The second kappa shape index (κ2) is 2.25. The summed E-state index contributed by atoms with van der Waals surface area (Å²) in [5.41, 5.74) is 0. The number of hydrogen-bond acceptors (Lipinski definition) is 0. The molecule has 2 fully saturated rings. The van der Waals surface area contributed by atoms with Crippen LogP contribution in [-0.4, -0.2) is 0 Å². The van der Waals surface area contributed by atoms with Gasteiger partial charge >= 0.3 is 0 Å². The highest BCUT2D eigenvalue weighted by Crippen LogP contribution is 2.50. The normalized spacial score (nSPS) is 53.4. The van der Waals surface area contributed by atoms with Crippen molar-refractivity contribution in [3.63, 3.8) is 0 Å². The zero-order valence-corrected chi connectivity index (χ0v) is 7.14. The zero-order chi connectivity index (χ0) is 7.14. The summed E-state index contributed by atoms with van der Waals surface area (Å²) in [5.74, 6) is 4.34. The maximum absolute atomic E-state index is 2.45. The fraction of sp³-hybridized carbons (Fsp3) is 1.00. The molecule has 0 aliphatic heterocycles. The molecule has 0 aromatic heterocycles. The van der Waals surface area contributed by atoms with Gasteiger partial charge in [0.1, 0.15) is 0 Å². The van der Waals surface area contributed by atoms with Crippen LogP contribution in [0.3, 0.4) is 0 Å². The largest absolute Gasteiger partial charge is 0.0622 e. The van der Waals surface area contributed by atoms with Crippen molar-refractivity contribution < 1.29 is 0 Å². The quantitative estimate of drug-likeness (QED) is 0.482. The topological polar surface area (TPSA) is 0 Å². The van der Waals surface area contributed by atoms with Crippen LogP contribution in [0.2, 0.25) is 0 Å². The van der Waals surface area contributed by atoms with E-state index in [0.29, 0.717) is 0 Å². The summed E-state index contributed by atoms with van der Waals surface area (Å²) in [6.45, 7) is 4.89. The second-order valence-corrected chi connectivity index (χ2v) is 4.44. The first-order valence-corrected chi connectivity index (χ1v) is 4.79. The molecule has 0 aromatic rings. The van der Waals surface area contributed by atoms with Crippen LogP contribution in [0.25, 0.3) is 0 Å². The maximum atomic E-state index is 2.45.